The minimum atomic E-state index is -3.73. The molecule has 0 unspecified atom stereocenters. The minimum Gasteiger partial charge on any atom is -0.425 e. The van der Waals surface area contributed by atoms with Crippen molar-refractivity contribution in [2.45, 2.75) is 18.7 Å². The fourth-order valence-corrected chi connectivity index (χ4v) is 2.75. The van der Waals surface area contributed by atoms with Crippen LogP contribution in [0.4, 0.5) is 0 Å². The zero-order chi connectivity index (χ0) is 16.2. The third-order valence-electron chi connectivity index (χ3n) is 3.06. The van der Waals surface area contributed by atoms with Crippen molar-refractivity contribution in [2.75, 3.05) is 6.54 Å². The lowest BCUT2D eigenvalue weighted by atomic mass is 10.2. The quantitative estimate of drug-likeness (QED) is 0.677. The van der Waals surface area contributed by atoms with E-state index in [4.69, 9.17) is 4.74 Å². The molecule has 0 aromatic heterocycles. The zero-order valence-electron chi connectivity index (χ0n) is 12.4. The summed E-state index contributed by atoms with van der Waals surface area (Å²) in [5.41, 5.74) is 1.76. The lowest BCUT2D eigenvalue weighted by Crippen LogP contribution is -2.32. The van der Waals surface area contributed by atoms with E-state index in [0.717, 1.165) is 11.1 Å². The van der Waals surface area contributed by atoms with Gasteiger partial charge in [-0.3, -0.25) is 4.79 Å². The Morgan fingerprint density at radius 3 is 2.32 bits per heavy atom. The maximum Gasteiger partial charge on any atom is 0.326 e. The summed E-state index contributed by atoms with van der Waals surface area (Å²) in [6.07, 6.45) is 0. The Labute approximate surface area is 130 Å². The number of benzene rings is 2. The van der Waals surface area contributed by atoms with Gasteiger partial charge in [0.2, 0.25) is 10.0 Å². The van der Waals surface area contributed by atoms with Crippen LogP contribution in [0.2, 0.25) is 0 Å². The molecule has 0 heterocycles. The van der Waals surface area contributed by atoms with Gasteiger partial charge in [0, 0.05) is 0 Å². The first-order chi connectivity index (χ1) is 10.4. The highest BCUT2D eigenvalue weighted by Crippen LogP contribution is 2.16. The van der Waals surface area contributed by atoms with Crippen LogP contribution in [-0.2, 0) is 14.8 Å². The lowest BCUT2D eigenvalue weighted by Gasteiger charge is -2.09. The molecule has 0 aliphatic rings. The summed E-state index contributed by atoms with van der Waals surface area (Å²) in [5.74, 6) is -0.243. The first kappa shape index (κ1) is 16.2. The number of hydrogen-bond donors (Lipinski definition) is 1. The van der Waals surface area contributed by atoms with Gasteiger partial charge in [-0.1, -0.05) is 35.9 Å². The SMILES string of the molecule is Cc1ccc(S(=O)(=O)NCC(=O)Oc2ccccc2C)cc1. The second kappa shape index (κ2) is 6.72. The lowest BCUT2D eigenvalue weighted by molar-refractivity contribution is -0.133. The van der Waals surface area contributed by atoms with E-state index in [0.29, 0.717) is 5.75 Å². The van der Waals surface area contributed by atoms with Crippen molar-refractivity contribution in [3.8, 4) is 5.75 Å². The van der Waals surface area contributed by atoms with Gasteiger partial charge in [-0.2, -0.15) is 4.72 Å². The molecule has 22 heavy (non-hydrogen) atoms. The van der Waals surface area contributed by atoms with E-state index in [1.807, 2.05) is 13.0 Å². The number of hydrogen-bond acceptors (Lipinski definition) is 4. The molecular weight excluding hydrogens is 302 g/mol. The van der Waals surface area contributed by atoms with Crippen LogP contribution in [0.25, 0.3) is 0 Å². The fraction of sp³-hybridized carbons (Fsp3) is 0.188. The third kappa shape index (κ3) is 4.16. The molecule has 0 saturated carbocycles. The van der Waals surface area contributed by atoms with Crippen LogP contribution in [0.3, 0.4) is 0 Å². The van der Waals surface area contributed by atoms with Crippen molar-refractivity contribution in [2.24, 2.45) is 0 Å². The molecule has 1 N–H and O–H groups in total. The number of carbonyl (C=O) groups is 1. The Kier molecular flexibility index (Phi) is 4.95. The van der Waals surface area contributed by atoms with Crippen LogP contribution in [0, 0.1) is 13.8 Å². The number of aryl methyl sites for hydroxylation is 2. The molecule has 5 nitrogen and oxygen atoms in total. The van der Waals surface area contributed by atoms with Crippen LogP contribution in [0.5, 0.6) is 5.75 Å². The van der Waals surface area contributed by atoms with E-state index < -0.39 is 22.5 Å². The molecule has 2 aromatic rings. The van der Waals surface area contributed by atoms with Crippen LogP contribution >= 0.6 is 0 Å². The van der Waals surface area contributed by atoms with E-state index in [9.17, 15) is 13.2 Å². The predicted octanol–water partition coefficient (Wildman–Crippen LogP) is 2.19. The summed E-state index contributed by atoms with van der Waals surface area (Å²) >= 11 is 0. The Morgan fingerprint density at radius 1 is 1.05 bits per heavy atom. The van der Waals surface area contributed by atoms with Gasteiger partial charge in [0.05, 0.1) is 4.90 Å². The van der Waals surface area contributed by atoms with E-state index in [1.165, 1.54) is 12.1 Å². The van der Waals surface area contributed by atoms with E-state index in [1.54, 1.807) is 37.3 Å². The molecule has 0 spiro atoms. The van der Waals surface area contributed by atoms with Gasteiger partial charge < -0.3 is 4.74 Å². The van der Waals surface area contributed by atoms with Crippen molar-refractivity contribution in [1.82, 2.24) is 4.72 Å². The fourth-order valence-electron chi connectivity index (χ4n) is 1.78. The molecule has 0 atom stereocenters. The molecule has 0 radical (unpaired) electrons. The standard InChI is InChI=1S/C16H17NO4S/c1-12-7-9-14(10-8-12)22(19,20)17-11-16(18)21-15-6-4-3-5-13(15)2/h3-10,17H,11H2,1-2H3. The minimum absolute atomic E-state index is 0.113. The van der Waals surface area contributed by atoms with Gasteiger partial charge >= 0.3 is 5.97 Å². The molecular formula is C16H17NO4S. The van der Waals surface area contributed by atoms with Gasteiger partial charge in [-0.15, -0.1) is 0 Å². The van der Waals surface area contributed by atoms with Crippen molar-refractivity contribution in [1.29, 1.82) is 0 Å². The Morgan fingerprint density at radius 2 is 1.68 bits per heavy atom. The molecule has 116 valence electrons. The summed E-state index contributed by atoms with van der Waals surface area (Å²) in [6.45, 7) is 3.24. The van der Waals surface area contributed by atoms with Crippen molar-refractivity contribution >= 4 is 16.0 Å². The highest BCUT2D eigenvalue weighted by molar-refractivity contribution is 7.89. The monoisotopic (exact) mass is 319 g/mol. The summed E-state index contributed by atoms with van der Waals surface area (Å²) in [4.78, 5) is 11.9. The average Bonchev–Trinajstić information content (AvgIpc) is 2.48. The van der Waals surface area contributed by atoms with Gasteiger partial charge in [0.15, 0.2) is 0 Å². The number of esters is 1. The Bertz CT molecular complexity index is 767. The maximum absolute atomic E-state index is 12.0. The predicted molar refractivity (Wildman–Crippen MR) is 83.2 cm³/mol. The molecule has 0 amide bonds. The first-order valence-electron chi connectivity index (χ1n) is 6.71. The topological polar surface area (TPSA) is 72.5 Å². The van der Waals surface area contributed by atoms with Crippen LogP contribution in [0.1, 0.15) is 11.1 Å². The summed E-state index contributed by atoms with van der Waals surface area (Å²) in [5, 5.41) is 0. The van der Waals surface area contributed by atoms with Crippen molar-refractivity contribution in [3.05, 3.63) is 59.7 Å². The van der Waals surface area contributed by atoms with Gasteiger partial charge in [-0.05, 0) is 37.6 Å². The molecule has 0 fully saturated rings. The van der Waals surface area contributed by atoms with Gasteiger partial charge in [0.25, 0.3) is 0 Å². The highest BCUT2D eigenvalue weighted by atomic mass is 32.2. The molecule has 2 aromatic carbocycles. The summed E-state index contributed by atoms with van der Waals surface area (Å²) < 4.78 is 31.5. The summed E-state index contributed by atoms with van der Waals surface area (Å²) in [7, 11) is -3.73. The third-order valence-corrected chi connectivity index (χ3v) is 4.47. The van der Waals surface area contributed by atoms with Crippen molar-refractivity contribution < 1.29 is 17.9 Å². The molecule has 0 saturated heterocycles. The molecule has 0 aliphatic carbocycles. The second-order valence-corrected chi connectivity index (χ2v) is 6.64. The van der Waals surface area contributed by atoms with Gasteiger partial charge in [-0.25, -0.2) is 8.42 Å². The Balaban J connectivity index is 1.98. The van der Waals surface area contributed by atoms with Crippen molar-refractivity contribution in [3.63, 3.8) is 0 Å². The number of carbonyl (C=O) groups excluding carboxylic acids is 1. The van der Waals surface area contributed by atoms with Gasteiger partial charge in [0.1, 0.15) is 12.3 Å². The van der Waals surface area contributed by atoms with Crippen LogP contribution in [0.15, 0.2) is 53.4 Å². The van der Waals surface area contributed by atoms with E-state index in [-0.39, 0.29) is 4.90 Å². The highest BCUT2D eigenvalue weighted by Gasteiger charge is 2.16. The summed E-state index contributed by atoms with van der Waals surface area (Å²) in [6, 6.07) is 13.4. The smallest absolute Gasteiger partial charge is 0.326 e. The molecule has 6 heteroatoms. The second-order valence-electron chi connectivity index (χ2n) is 4.88. The number of sulfonamides is 1. The number of ether oxygens (including phenoxy) is 1. The molecule has 2 rings (SSSR count). The normalized spacial score (nSPS) is 11.2. The molecule has 0 bridgehead atoms. The number of rotatable bonds is 5. The van der Waals surface area contributed by atoms with E-state index >= 15 is 0 Å². The zero-order valence-corrected chi connectivity index (χ0v) is 13.2. The van der Waals surface area contributed by atoms with Crippen LogP contribution in [-0.4, -0.2) is 20.9 Å². The average molecular weight is 319 g/mol. The first-order valence-corrected chi connectivity index (χ1v) is 8.19. The number of para-hydroxylation sites is 1. The largest absolute Gasteiger partial charge is 0.425 e. The Hall–Kier alpha value is -2.18. The molecule has 0 aliphatic heterocycles. The van der Waals surface area contributed by atoms with E-state index in [2.05, 4.69) is 4.72 Å². The van der Waals surface area contributed by atoms with Crippen LogP contribution < -0.4 is 9.46 Å². The number of nitrogens with one attached hydrogen (secondary N) is 1. The maximum atomic E-state index is 12.0.